The van der Waals surface area contributed by atoms with E-state index in [4.69, 9.17) is 23.2 Å². The predicted octanol–water partition coefficient (Wildman–Crippen LogP) is 4.33. The Morgan fingerprint density at radius 2 is 1.52 bits per heavy atom. The van der Waals surface area contributed by atoms with Gasteiger partial charge in [-0.3, -0.25) is 14.4 Å². The molecule has 0 fully saturated rings. The molecule has 0 aliphatic heterocycles. The number of halogens is 2. The molecule has 3 amide bonds. The van der Waals surface area contributed by atoms with Crippen molar-refractivity contribution in [3.05, 3.63) is 94.0 Å². The van der Waals surface area contributed by atoms with Gasteiger partial charge in [0.25, 0.3) is 5.91 Å². The molecule has 0 atom stereocenters. The van der Waals surface area contributed by atoms with E-state index in [9.17, 15) is 14.4 Å². The summed E-state index contributed by atoms with van der Waals surface area (Å²) in [5.41, 5.74) is 3.66. The number of hydrogen-bond acceptors (Lipinski definition) is 4. The van der Waals surface area contributed by atoms with Crippen molar-refractivity contribution in [3.8, 4) is 0 Å². The van der Waals surface area contributed by atoms with Crippen LogP contribution in [0.5, 0.6) is 0 Å². The molecule has 31 heavy (non-hydrogen) atoms. The molecule has 0 saturated carbocycles. The van der Waals surface area contributed by atoms with E-state index in [1.54, 1.807) is 60.7 Å². The number of anilines is 2. The SMILES string of the molecule is O=C(N/N=C\c1cccc(Cl)c1)C(=O)Nc1ccccc1C(=O)Nc1ccc(Cl)cc1. The fourth-order valence-corrected chi connectivity index (χ4v) is 2.83. The van der Waals surface area contributed by atoms with Gasteiger partial charge in [0.15, 0.2) is 0 Å². The van der Waals surface area contributed by atoms with Crippen LogP contribution >= 0.6 is 23.2 Å². The first-order chi connectivity index (χ1) is 14.9. The van der Waals surface area contributed by atoms with Gasteiger partial charge in [0, 0.05) is 15.7 Å². The monoisotopic (exact) mass is 454 g/mol. The molecule has 0 aliphatic rings. The first-order valence-corrected chi connectivity index (χ1v) is 9.74. The highest BCUT2D eigenvalue weighted by Gasteiger charge is 2.17. The Bertz CT molecular complexity index is 1150. The van der Waals surface area contributed by atoms with E-state index in [-0.39, 0.29) is 11.3 Å². The first kappa shape index (κ1) is 22.0. The fourth-order valence-electron chi connectivity index (χ4n) is 2.50. The van der Waals surface area contributed by atoms with E-state index in [1.165, 1.54) is 18.3 Å². The molecule has 3 rings (SSSR count). The summed E-state index contributed by atoms with van der Waals surface area (Å²) in [4.78, 5) is 36.8. The van der Waals surface area contributed by atoms with Crippen LogP contribution in [0.25, 0.3) is 0 Å². The summed E-state index contributed by atoms with van der Waals surface area (Å²) in [5, 5.41) is 9.90. The van der Waals surface area contributed by atoms with Crippen LogP contribution in [0, 0.1) is 0 Å². The molecular formula is C22H16Cl2N4O3. The second-order valence-corrected chi connectivity index (χ2v) is 7.09. The van der Waals surface area contributed by atoms with Crippen LogP contribution in [0.2, 0.25) is 10.0 Å². The van der Waals surface area contributed by atoms with Crippen LogP contribution in [0.4, 0.5) is 11.4 Å². The molecule has 0 aromatic heterocycles. The van der Waals surface area contributed by atoms with Gasteiger partial charge in [-0.05, 0) is 54.1 Å². The number of carbonyl (C=O) groups is 3. The van der Waals surface area contributed by atoms with Gasteiger partial charge in [0.05, 0.1) is 17.5 Å². The lowest BCUT2D eigenvalue weighted by molar-refractivity contribution is -0.136. The maximum Gasteiger partial charge on any atom is 0.329 e. The Hall–Kier alpha value is -3.68. The minimum atomic E-state index is -0.994. The van der Waals surface area contributed by atoms with E-state index in [1.807, 2.05) is 0 Å². The van der Waals surface area contributed by atoms with Crippen molar-refractivity contribution < 1.29 is 14.4 Å². The molecule has 7 nitrogen and oxygen atoms in total. The number of rotatable bonds is 5. The van der Waals surface area contributed by atoms with Crippen molar-refractivity contribution in [2.45, 2.75) is 0 Å². The molecule has 0 unspecified atom stereocenters. The van der Waals surface area contributed by atoms with Crippen LogP contribution in [0.15, 0.2) is 77.9 Å². The Kier molecular flexibility index (Phi) is 7.37. The van der Waals surface area contributed by atoms with Gasteiger partial charge in [-0.15, -0.1) is 0 Å². The highest BCUT2D eigenvalue weighted by molar-refractivity contribution is 6.40. The molecule has 0 heterocycles. The summed E-state index contributed by atoms with van der Waals surface area (Å²) in [6.45, 7) is 0. The number of hydrogen-bond donors (Lipinski definition) is 3. The first-order valence-electron chi connectivity index (χ1n) is 8.98. The third-order valence-electron chi connectivity index (χ3n) is 3.96. The van der Waals surface area contributed by atoms with Crippen LogP contribution in [0.3, 0.4) is 0 Å². The lowest BCUT2D eigenvalue weighted by atomic mass is 10.1. The maximum absolute atomic E-state index is 12.6. The highest BCUT2D eigenvalue weighted by atomic mass is 35.5. The number of para-hydroxylation sites is 1. The molecule has 0 bridgehead atoms. The average Bonchev–Trinajstić information content (AvgIpc) is 2.75. The Balaban J connectivity index is 1.63. The summed E-state index contributed by atoms with van der Waals surface area (Å²) in [7, 11) is 0. The van der Waals surface area contributed by atoms with Crippen molar-refractivity contribution in [1.82, 2.24) is 5.43 Å². The molecule has 0 saturated heterocycles. The van der Waals surface area contributed by atoms with Crippen molar-refractivity contribution >= 4 is 58.5 Å². The van der Waals surface area contributed by atoms with Gasteiger partial charge in [-0.25, -0.2) is 5.43 Å². The summed E-state index contributed by atoms with van der Waals surface area (Å²) in [5.74, 6) is -2.43. The minimum Gasteiger partial charge on any atom is -0.322 e. The molecular weight excluding hydrogens is 439 g/mol. The fraction of sp³-hybridized carbons (Fsp3) is 0. The quantitative estimate of drug-likeness (QED) is 0.303. The molecule has 3 N–H and O–H groups in total. The number of nitrogens with one attached hydrogen (secondary N) is 3. The van der Waals surface area contributed by atoms with Gasteiger partial charge in [0.2, 0.25) is 0 Å². The van der Waals surface area contributed by atoms with E-state index in [0.29, 0.717) is 21.3 Å². The van der Waals surface area contributed by atoms with Gasteiger partial charge in [-0.1, -0.05) is 47.5 Å². The normalized spacial score (nSPS) is 10.5. The highest BCUT2D eigenvalue weighted by Crippen LogP contribution is 2.19. The van der Waals surface area contributed by atoms with Crippen molar-refractivity contribution in [1.29, 1.82) is 0 Å². The molecule has 0 spiro atoms. The lowest BCUT2D eigenvalue weighted by Crippen LogP contribution is -2.33. The Morgan fingerprint density at radius 3 is 2.26 bits per heavy atom. The van der Waals surface area contributed by atoms with Gasteiger partial charge < -0.3 is 10.6 Å². The molecule has 0 aliphatic carbocycles. The number of nitrogens with zero attached hydrogens (tertiary/aromatic N) is 1. The Labute approximate surface area is 188 Å². The zero-order valence-corrected chi connectivity index (χ0v) is 17.4. The molecule has 3 aromatic carbocycles. The van der Waals surface area contributed by atoms with Crippen LogP contribution in [-0.4, -0.2) is 23.9 Å². The summed E-state index contributed by atoms with van der Waals surface area (Å²) in [6, 6.07) is 19.7. The van der Waals surface area contributed by atoms with E-state index in [2.05, 4.69) is 21.2 Å². The molecule has 156 valence electrons. The molecule has 9 heteroatoms. The summed E-state index contributed by atoms with van der Waals surface area (Å²) in [6.07, 6.45) is 1.35. The Morgan fingerprint density at radius 1 is 0.774 bits per heavy atom. The maximum atomic E-state index is 12.6. The summed E-state index contributed by atoms with van der Waals surface area (Å²) < 4.78 is 0. The third kappa shape index (κ3) is 6.40. The van der Waals surface area contributed by atoms with E-state index < -0.39 is 17.7 Å². The average molecular weight is 455 g/mol. The lowest BCUT2D eigenvalue weighted by Gasteiger charge is -2.11. The van der Waals surface area contributed by atoms with Crippen LogP contribution in [0.1, 0.15) is 15.9 Å². The smallest absolute Gasteiger partial charge is 0.322 e. The zero-order valence-electron chi connectivity index (χ0n) is 15.9. The predicted molar refractivity (Wildman–Crippen MR) is 122 cm³/mol. The molecule has 3 aromatic rings. The molecule has 0 radical (unpaired) electrons. The minimum absolute atomic E-state index is 0.174. The number of benzene rings is 3. The second kappa shape index (κ2) is 10.4. The van der Waals surface area contributed by atoms with Gasteiger partial charge >= 0.3 is 11.8 Å². The largest absolute Gasteiger partial charge is 0.329 e. The standard InChI is InChI=1S/C22H16Cl2N4O3/c23-15-8-10-17(11-9-15)26-20(29)18-6-1-2-7-19(18)27-21(30)22(31)28-25-13-14-4-3-5-16(24)12-14/h1-13H,(H,26,29)(H,27,30)(H,28,31)/b25-13-. The summed E-state index contributed by atoms with van der Waals surface area (Å²) >= 11 is 11.7. The van der Waals surface area contributed by atoms with Crippen LogP contribution in [-0.2, 0) is 9.59 Å². The number of hydrazone groups is 1. The number of amides is 3. The zero-order chi connectivity index (χ0) is 22.2. The van der Waals surface area contributed by atoms with E-state index >= 15 is 0 Å². The van der Waals surface area contributed by atoms with E-state index in [0.717, 1.165) is 0 Å². The van der Waals surface area contributed by atoms with Gasteiger partial charge in [-0.2, -0.15) is 5.10 Å². The number of carbonyl (C=O) groups excluding carboxylic acids is 3. The third-order valence-corrected chi connectivity index (χ3v) is 4.44. The van der Waals surface area contributed by atoms with Gasteiger partial charge in [0.1, 0.15) is 0 Å². The van der Waals surface area contributed by atoms with Crippen molar-refractivity contribution in [3.63, 3.8) is 0 Å². The second-order valence-electron chi connectivity index (χ2n) is 6.21. The van der Waals surface area contributed by atoms with Crippen molar-refractivity contribution in [2.24, 2.45) is 5.10 Å². The topological polar surface area (TPSA) is 99.7 Å². The van der Waals surface area contributed by atoms with Crippen LogP contribution < -0.4 is 16.1 Å². The van der Waals surface area contributed by atoms with Crippen molar-refractivity contribution in [2.75, 3.05) is 10.6 Å².